The first-order chi connectivity index (χ1) is 12.1. The van der Waals surface area contributed by atoms with Gasteiger partial charge in [-0.2, -0.15) is 5.26 Å². The molecule has 1 aliphatic carbocycles. The average Bonchev–Trinajstić information content (AvgIpc) is 3.31. The first-order valence-electron chi connectivity index (χ1n) is 8.37. The average molecular weight is 364 g/mol. The van der Waals surface area contributed by atoms with Crippen molar-refractivity contribution in [3.8, 4) is 6.07 Å². The van der Waals surface area contributed by atoms with Crippen LogP contribution in [0.5, 0.6) is 0 Å². The van der Waals surface area contributed by atoms with Crippen LogP contribution in [0.1, 0.15) is 62.4 Å². The summed E-state index contributed by atoms with van der Waals surface area (Å²) in [5.41, 5.74) is -1.62. The molecule has 0 spiro atoms. The number of halogens is 2. The lowest BCUT2D eigenvalue weighted by atomic mass is 10.1. The molecule has 1 fully saturated rings. The van der Waals surface area contributed by atoms with Gasteiger partial charge in [-0.1, -0.05) is 18.2 Å². The van der Waals surface area contributed by atoms with Gasteiger partial charge in [0.25, 0.3) is 6.43 Å². The molecule has 0 aromatic heterocycles. The van der Waals surface area contributed by atoms with Gasteiger partial charge < -0.3 is 4.74 Å². The minimum absolute atomic E-state index is 0.0938. The maximum absolute atomic E-state index is 12.9. The first kappa shape index (κ1) is 19.8. The summed E-state index contributed by atoms with van der Waals surface area (Å²) in [6.45, 7) is 4.81. The molecule has 1 aromatic carbocycles. The molecule has 0 N–H and O–H groups in total. The summed E-state index contributed by atoms with van der Waals surface area (Å²) in [7, 11) is 0. The van der Waals surface area contributed by atoms with Crippen LogP contribution in [-0.4, -0.2) is 34.5 Å². The molecule has 2 rings (SSSR count). The van der Waals surface area contributed by atoms with Crippen LogP contribution >= 0.6 is 0 Å². The Balaban J connectivity index is 2.24. The van der Waals surface area contributed by atoms with Gasteiger partial charge in [0.2, 0.25) is 0 Å². The fourth-order valence-electron chi connectivity index (χ4n) is 2.66. The van der Waals surface area contributed by atoms with Crippen LogP contribution in [0.2, 0.25) is 0 Å². The lowest BCUT2D eigenvalue weighted by molar-refractivity contribution is 0.0135. The van der Waals surface area contributed by atoms with Gasteiger partial charge in [0, 0.05) is 11.1 Å². The molecule has 0 unspecified atom stereocenters. The van der Waals surface area contributed by atoms with Crippen molar-refractivity contribution < 1.29 is 23.1 Å². The van der Waals surface area contributed by atoms with Gasteiger partial charge in [0.05, 0.1) is 24.6 Å². The van der Waals surface area contributed by atoms with Crippen LogP contribution in [0.4, 0.5) is 13.6 Å². The predicted molar refractivity (Wildman–Crippen MR) is 90.9 cm³/mol. The third-order valence-corrected chi connectivity index (χ3v) is 4.18. The molecule has 0 saturated heterocycles. The van der Waals surface area contributed by atoms with E-state index in [9.17, 15) is 18.4 Å². The van der Waals surface area contributed by atoms with Crippen molar-refractivity contribution in [2.75, 3.05) is 6.54 Å². The number of ketones is 1. The molecule has 0 heterocycles. The second kappa shape index (κ2) is 7.40. The summed E-state index contributed by atoms with van der Waals surface area (Å²) < 4.78 is 31.1. The predicted octanol–water partition coefficient (Wildman–Crippen LogP) is 4.49. The summed E-state index contributed by atoms with van der Waals surface area (Å²) >= 11 is 0. The van der Waals surface area contributed by atoms with Crippen molar-refractivity contribution in [1.82, 2.24) is 4.90 Å². The molecule has 1 saturated carbocycles. The Morgan fingerprint density at radius 2 is 2.00 bits per heavy atom. The van der Waals surface area contributed by atoms with Gasteiger partial charge in [-0.15, -0.1) is 0 Å². The summed E-state index contributed by atoms with van der Waals surface area (Å²) in [5, 5.41) is 9.06. The maximum Gasteiger partial charge on any atom is 0.411 e. The van der Waals surface area contributed by atoms with E-state index in [2.05, 4.69) is 0 Å². The van der Waals surface area contributed by atoms with Crippen LogP contribution in [0.25, 0.3) is 0 Å². The molecule has 0 bridgehead atoms. The van der Waals surface area contributed by atoms with E-state index in [0.717, 1.165) is 6.07 Å². The van der Waals surface area contributed by atoms with Crippen LogP contribution < -0.4 is 0 Å². The minimum Gasteiger partial charge on any atom is -0.444 e. The largest absolute Gasteiger partial charge is 0.444 e. The van der Waals surface area contributed by atoms with E-state index < -0.39 is 29.4 Å². The summed E-state index contributed by atoms with van der Waals surface area (Å²) in [6.07, 6.45) is -2.06. The number of carbonyl (C=O) groups is 2. The Hall–Kier alpha value is -2.49. The van der Waals surface area contributed by atoms with Crippen molar-refractivity contribution in [2.24, 2.45) is 0 Å². The van der Waals surface area contributed by atoms with E-state index in [1.165, 1.54) is 23.1 Å². The summed E-state index contributed by atoms with van der Waals surface area (Å²) in [5.74, 6) is -0.470. The van der Waals surface area contributed by atoms with Gasteiger partial charge in [0.15, 0.2) is 5.78 Å². The quantitative estimate of drug-likeness (QED) is 0.697. The van der Waals surface area contributed by atoms with Crippen molar-refractivity contribution in [1.29, 1.82) is 5.26 Å². The highest BCUT2D eigenvalue weighted by atomic mass is 19.3. The molecule has 7 heteroatoms. The van der Waals surface area contributed by atoms with Gasteiger partial charge in [-0.05, 0) is 39.7 Å². The van der Waals surface area contributed by atoms with Gasteiger partial charge in [-0.25, -0.2) is 13.6 Å². The number of Topliss-reactive ketones (excluding diaryl/α,β-unsaturated/α-hetero) is 1. The zero-order chi connectivity index (χ0) is 19.5. The number of benzene rings is 1. The summed E-state index contributed by atoms with van der Waals surface area (Å²) in [4.78, 5) is 26.5. The SMILES string of the molecule is CC(C)(C)OC(=O)N(CC(=O)c1cccc(C(F)F)c1)C1(CC#N)CC1. The third kappa shape index (κ3) is 4.78. The highest BCUT2D eigenvalue weighted by Crippen LogP contribution is 2.45. The monoisotopic (exact) mass is 364 g/mol. The number of hydrogen-bond acceptors (Lipinski definition) is 4. The number of carbonyl (C=O) groups excluding carboxylic acids is 2. The van der Waals surface area contributed by atoms with Crippen LogP contribution in [0.15, 0.2) is 24.3 Å². The molecule has 1 amide bonds. The second-order valence-corrected chi connectivity index (χ2v) is 7.48. The lowest BCUT2D eigenvalue weighted by Gasteiger charge is -2.32. The number of amides is 1. The standard InChI is InChI=1S/C19H22F2N2O3/c1-18(2,3)26-17(25)23(19(7-8-19)9-10-22)12-15(24)13-5-4-6-14(11-13)16(20)21/h4-6,11,16H,7-9,12H2,1-3H3. The molecule has 0 atom stereocenters. The minimum atomic E-state index is -2.68. The van der Waals surface area contributed by atoms with Crippen molar-refractivity contribution in [3.05, 3.63) is 35.4 Å². The molecule has 26 heavy (non-hydrogen) atoms. The smallest absolute Gasteiger partial charge is 0.411 e. The Morgan fingerprint density at radius 3 is 2.50 bits per heavy atom. The molecular formula is C19H22F2N2O3. The van der Waals surface area contributed by atoms with Gasteiger partial charge in [0.1, 0.15) is 5.60 Å². The van der Waals surface area contributed by atoms with E-state index in [1.54, 1.807) is 20.8 Å². The zero-order valence-corrected chi connectivity index (χ0v) is 15.1. The Morgan fingerprint density at radius 1 is 1.35 bits per heavy atom. The number of ether oxygens (including phenoxy) is 1. The van der Waals surface area contributed by atoms with Crippen LogP contribution in [0, 0.1) is 11.3 Å². The normalized spacial score (nSPS) is 15.3. The molecule has 1 aromatic rings. The highest BCUT2D eigenvalue weighted by Gasteiger charge is 2.51. The maximum atomic E-state index is 12.9. The number of hydrogen-bond donors (Lipinski definition) is 0. The molecule has 0 radical (unpaired) electrons. The Bertz CT molecular complexity index is 731. The van der Waals surface area contributed by atoms with Crippen LogP contribution in [0.3, 0.4) is 0 Å². The fourth-order valence-corrected chi connectivity index (χ4v) is 2.66. The van der Waals surface area contributed by atoms with Crippen molar-refractivity contribution >= 4 is 11.9 Å². The molecule has 5 nitrogen and oxygen atoms in total. The first-order valence-corrected chi connectivity index (χ1v) is 8.37. The molecular weight excluding hydrogens is 342 g/mol. The highest BCUT2D eigenvalue weighted by molar-refractivity contribution is 5.99. The van der Waals surface area contributed by atoms with E-state index >= 15 is 0 Å². The number of nitriles is 1. The number of rotatable bonds is 6. The Labute approximate surface area is 151 Å². The third-order valence-electron chi connectivity index (χ3n) is 4.18. The summed E-state index contributed by atoms with van der Waals surface area (Å²) in [6, 6.07) is 7.24. The van der Waals surface area contributed by atoms with E-state index in [4.69, 9.17) is 10.00 Å². The topological polar surface area (TPSA) is 70.4 Å². The van der Waals surface area contributed by atoms with Crippen molar-refractivity contribution in [3.63, 3.8) is 0 Å². The fraction of sp³-hybridized carbons (Fsp3) is 0.526. The molecule has 140 valence electrons. The lowest BCUT2D eigenvalue weighted by Crippen LogP contribution is -2.47. The zero-order valence-electron chi connectivity index (χ0n) is 15.1. The van der Waals surface area contributed by atoms with Crippen LogP contribution in [-0.2, 0) is 4.74 Å². The number of nitrogens with zero attached hydrogens (tertiary/aromatic N) is 2. The van der Waals surface area contributed by atoms with Crippen molar-refractivity contribution in [2.45, 2.75) is 57.6 Å². The van der Waals surface area contributed by atoms with Gasteiger partial charge in [-0.3, -0.25) is 9.69 Å². The van der Waals surface area contributed by atoms with E-state index in [-0.39, 0.29) is 24.1 Å². The molecule has 0 aliphatic heterocycles. The van der Waals surface area contributed by atoms with E-state index in [0.29, 0.717) is 12.8 Å². The molecule has 1 aliphatic rings. The van der Waals surface area contributed by atoms with Gasteiger partial charge >= 0.3 is 6.09 Å². The Kier molecular flexibility index (Phi) is 5.65. The second-order valence-electron chi connectivity index (χ2n) is 7.48. The van der Waals surface area contributed by atoms with E-state index in [1.807, 2.05) is 6.07 Å². The number of alkyl halides is 2.